The monoisotopic (exact) mass is 442 g/mol. The molecule has 1 heterocycles. The topological polar surface area (TPSA) is 69.0 Å². The summed E-state index contributed by atoms with van der Waals surface area (Å²) >= 11 is 1.33. The minimum atomic E-state index is -0.376. The predicted octanol–water partition coefficient (Wildman–Crippen LogP) is 4.66. The summed E-state index contributed by atoms with van der Waals surface area (Å²) in [7, 11) is 1.66. The number of nitrogens with zero attached hydrogens (tertiary/aromatic N) is 3. The van der Waals surface area contributed by atoms with Gasteiger partial charge in [-0.2, -0.15) is 0 Å². The molecule has 164 valence electrons. The van der Waals surface area contributed by atoms with Crippen LogP contribution in [0.15, 0.2) is 47.6 Å². The molecule has 0 unspecified atom stereocenters. The standard InChI is InChI=1S/C23H27FN4O2S/c1-4-28-21(7-5-6-17-9-12-19(30-3)13-10-17)26-27-23(28)31-15-22(29)25-20-14-18(24)11-8-16(20)2/h8-14H,4-7,15H2,1-3H3,(H,25,29). The number of ether oxygens (including phenoxy) is 1. The van der Waals surface area contributed by atoms with Gasteiger partial charge in [-0.05, 0) is 62.1 Å². The van der Waals surface area contributed by atoms with Gasteiger partial charge in [-0.3, -0.25) is 4.79 Å². The van der Waals surface area contributed by atoms with Crippen LogP contribution in [0.4, 0.5) is 10.1 Å². The Hall–Kier alpha value is -2.87. The molecule has 1 aromatic heterocycles. The maximum absolute atomic E-state index is 13.4. The molecule has 31 heavy (non-hydrogen) atoms. The van der Waals surface area contributed by atoms with E-state index in [1.54, 1.807) is 13.2 Å². The average Bonchev–Trinajstić information content (AvgIpc) is 3.17. The summed E-state index contributed by atoms with van der Waals surface area (Å²) in [5.41, 5.74) is 2.56. The molecule has 0 aliphatic rings. The van der Waals surface area contributed by atoms with E-state index in [9.17, 15) is 9.18 Å². The molecule has 6 nitrogen and oxygen atoms in total. The van der Waals surface area contributed by atoms with Gasteiger partial charge in [0.25, 0.3) is 0 Å². The number of hydrogen-bond acceptors (Lipinski definition) is 5. The summed E-state index contributed by atoms with van der Waals surface area (Å²) in [4.78, 5) is 12.3. The third-order valence-electron chi connectivity index (χ3n) is 4.94. The Labute approximate surface area is 186 Å². The Balaban J connectivity index is 1.52. The molecule has 0 aliphatic heterocycles. The Kier molecular flexibility index (Phi) is 8.06. The Morgan fingerprint density at radius 2 is 1.94 bits per heavy atom. The second-order valence-corrected chi connectivity index (χ2v) is 8.08. The lowest BCUT2D eigenvalue weighted by atomic mass is 10.1. The van der Waals surface area contributed by atoms with Crippen LogP contribution in [-0.4, -0.2) is 33.5 Å². The van der Waals surface area contributed by atoms with E-state index < -0.39 is 0 Å². The highest BCUT2D eigenvalue weighted by Gasteiger charge is 2.14. The lowest BCUT2D eigenvalue weighted by Crippen LogP contribution is -2.15. The molecule has 0 radical (unpaired) electrons. The molecule has 0 saturated heterocycles. The van der Waals surface area contributed by atoms with Crippen LogP contribution >= 0.6 is 11.8 Å². The Bertz CT molecular complexity index is 1020. The lowest BCUT2D eigenvalue weighted by Gasteiger charge is -2.09. The van der Waals surface area contributed by atoms with Crippen LogP contribution in [0.3, 0.4) is 0 Å². The van der Waals surface area contributed by atoms with E-state index in [1.807, 2.05) is 30.5 Å². The van der Waals surface area contributed by atoms with Crippen LogP contribution in [-0.2, 0) is 24.2 Å². The summed E-state index contributed by atoms with van der Waals surface area (Å²) in [5.74, 6) is 1.37. The first-order valence-corrected chi connectivity index (χ1v) is 11.2. The van der Waals surface area contributed by atoms with Gasteiger partial charge in [0.15, 0.2) is 5.16 Å². The molecule has 0 bridgehead atoms. The lowest BCUT2D eigenvalue weighted by molar-refractivity contribution is -0.113. The molecule has 0 fully saturated rings. The predicted molar refractivity (Wildman–Crippen MR) is 121 cm³/mol. The van der Waals surface area contributed by atoms with E-state index in [4.69, 9.17) is 4.74 Å². The molecule has 3 rings (SSSR count). The summed E-state index contributed by atoms with van der Waals surface area (Å²) < 4.78 is 20.6. The van der Waals surface area contributed by atoms with Crippen LogP contribution in [0.2, 0.25) is 0 Å². The highest BCUT2D eigenvalue weighted by molar-refractivity contribution is 7.99. The van der Waals surface area contributed by atoms with Crippen molar-refractivity contribution in [1.29, 1.82) is 0 Å². The molecule has 0 saturated carbocycles. The van der Waals surface area contributed by atoms with E-state index in [2.05, 4.69) is 27.6 Å². The van der Waals surface area contributed by atoms with E-state index >= 15 is 0 Å². The zero-order chi connectivity index (χ0) is 22.2. The number of anilines is 1. The van der Waals surface area contributed by atoms with Crippen LogP contribution in [0.25, 0.3) is 0 Å². The van der Waals surface area contributed by atoms with Crippen LogP contribution < -0.4 is 10.1 Å². The number of carbonyl (C=O) groups is 1. The number of carbonyl (C=O) groups excluding carboxylic acids is 1. The maximum Gasteiger partial charge on any atom is 0.234 e. The van der Waals surface area contributed by atoms with E-state index in [-0.39, 0.29) is 17.5 Å². The molecular weight excluding hydrogens is 415 g/mol. The number of aryl methyl sites for hydroxylation is 3. The first-order valence-electron chi connectivity index (χ1n) is 10.2. The fourth-order valence-corrected chi connectivity index (χ4v) is 4.04. The average molecular weight is 443 g/mol. The van der Waals surface area contributed by atoms with Gasteiger partial charge in [0.2, 0.25) is 5.91 Å². The fourth-order valence-electron chi connectivity index (χ4n) is 3.22. The highest BCUT2D eigenvalue weighted by Crippen LogP contribution is 2.21. The number of thioether (sulfide) groups is 1. The van der Waals surface area contributed by atoms with Gasteiger partial charge in [-0.15, -0.1) is 10.2 Å². The summed E-state index contributed by atoms with van der Waals surface area (Å²) in [6, 6.07) is 12.4. The number of methoxy groups -OCH3 is 1. The summed E-state index contributed by atoms with van der Waals surface area (Å²) in [6.45, 7) is 4.60. The number of hydrogen-bond donors (Lipinski definition) is 1. The quantitative estimate of drug-likeness (QED) is 0.463. The van der Waals surface area contributed by atoms with Crippen LogP contribution in [0, 0.1) is 12.7 Å². The largest absolute Gasteiger partial charge is 0.497 e. The number of halogens is 1. The van der Waals surface area contributed by atoms with E-state index in [1.165, 1.54) is 29.5 Å². The van der Waals surface area contributed by atoms with Gasteiger partial charge < -0.3 is 14.6 Å². The summed E-state index contributed by atoms with van der Waals surface area (Å²) in [5, 5.41) is 12.1. The third-order valence-corrected chi connectivity index (χ3v) is 5.91. The molecule has 8 heteroatoms. The minimum absolute atomic E-state index is 0.180. The molecule has 3 aromatic rings. The second-order valence-electron chi connectivity index (χ2n) is 7.14. The van der Waals surface area contributed by atoms with E-state index in [0.29, 0.717) is 10.8 Å². The van der Waals surface area contributed by atoms with Crippen LogP contribution in [0.5, 0.6) is 5.75 Å². The zero-order valence-electron chi connectivity index (χ0n) is 18.0. The third kappa shape index (κ3) is 6.30. The zero-order valence-corrected chi connectivity index (χ0v) is 18.8. The molecule has 0 spiro atoms. The number of amides is 1. The number of rotatable bonds is 10. The smallest absolute Gasteiger partial charge is 0.234 e. The summed E-state index contributed by atoms with van der Waals surface area (Å²) in [6.07, 6.45) is 2.70. The first kappa shape index (κ1) is 22.8. The van der Waals surface area contributed by atoms with Crippen molar-refractivity contribution in [1.82, 2.24) is 14.8 Å². The van der Waals surface area contributed by atoms with Gasteiger partial charge in [-0.25, -0.2) is 4.39 Å². The van der Waals surface area contributed by atoms with Gasteiger partial charge in [0.05, 0.1) is 12.9 Å². The van der Waals surface area contributed by atoms with Crippen molar-refractivity contribution in [2.24, 2.45) is 0 Å². The number of aromatic nitrogens is 3. The Morgan fingerprint density at radius 1 is 1.16 bits per heavy atom. The number of benzene rings is 2. The molecule has 1 N–H and O–H groups in total. The van der Waals surface area contributed by atoms with Crippen molar-refractivity contribution in [2.75, 3.05) is 18.2 Å². The van der Waals surface area contributed by atoms with Gasteiger partial charge >= 0.3 is 0 Å². The molecule has 0 atom stereocenters. The molecular formula is C23H27FN4O2S. The molecule has 1 amide bonds. The van der Waals surface area contributed by atoms with E-state index in [0.717, 1.165) is 42.9 Å². The maximum atomic E-state index is 13.4. The van der Waals surface area contributed by atoms with Gasteiger partial charge in [-0.1, -0.05) is 30.0 Å². The van der Waals surface area contributed by atoms with Gasteiger partial charge in [0, 0.05) is 18.7 Å². The normalized spacial score (nSPS) is 10.8. The first-order chi connectivity index (χ1) is 15.0. The highest BCUT2D eigenvalue weighted by atomic mass is 32.2. The Morgan fingerprint density at radius 3 is 2.65 bits per heavy atom. The molecule has 0 aliphatic carbocycles. The van der Waals surface area contributed by atoms with Crippen molar-refractivity contribution in [3.63, 3.8) is 0 Å². The fraction of sp³-hybridized carbons (Fsp3) is 0.348. The SMILES string of the molecule is CCn1c(CCCc2ccc(OC)cc2)nnc1SCC(=O)Nc1cc(F)ccc1C. The van der Waals surface area contributed by atoms with Gasteiger partial charge in [0.1, 0.15) is 17.4 Å². The van der Waals surface area contributed by atoms with Crippen molar-refractivity contribution < 1.29 is 13.9 Å². The van der Waals surface area contributed by atoms with Crippen molar-refractivity contribution >= 4 is 23.4 Å². The van der Waals surface area contributed by atoms with Crippen molar-refractivity contribution in [3.05, 3.63) is 65.2 Å². The minimum Gasteiger partial charge on any atom is -0.497 e. The second kappa shape index (κ2) is 10.9. The number of nitrogens with one attached hydrogen (secondary N) is 1. The van der Waals surface area contributed by atoms with Crippen LogP contribution in [0.1, 0.15) is 30.3 Å². The molecule has 2 aromatic carbocycles. The van der Waals surface area contributed by atoms with Crippen molar-refractivity contribution in [3.8, 4) is 5.75 Å². The van der Waals surface area contributed by atoms with Crippen molar-refractivity contribution in [2.45, 2.75) is 44.8 Å².